The zero-order valence-electron chi connectivity index (χ0n) is 11.7. The van der Waals surface area contributed by atoms with Crippen LogP contribution in [0.15, 0.2) is 54.9 Å². The molecule has 0 aliphatic rings. The Balaban J connectivity index is 1.99. The Bertz CT molecular complexity index is 786. The molecule has 0 aliphatic heterocycles. The molecule has 4 heteroatoms. The summed E-state index contributed by atoms with van der Waals surface area (Å²) in [4.78, 5) is 4.10. The van der Waals surface area contributed by atoms with Gasteiger partial charge in [-0.2, -0.15) is 0 Å². The molecule has 0 saturated carbocycles. The Labute approximate surface area is 122 Å². The Morgan fingerprint density at radius 2 is 1.90 bits per heavy atom. The standard InChI is InChI=1S/C17H16FN3/c1-11(12-4-2-3-5-15(12)18)21-17-7-6-16(19)14-10-20-9-8-13(14)17/h2-11,21H,19H2,1H3. The maximum atomic E-state index is 13.9. The Morgan fingerprint density at radius 1 is 1.10 bits per heavy atom. The van der Waals surface area contributed by atoms with Gasteiger partial charge in [0.2, 0.25) is 0 Å². The SMILES string of the molecule is CC(Nc1ccc(N)c2cnccc12)c1ccccc1F. The third-order valence-electron chi connectivity index (χ3n) is 3.60. The zero-order valence-corrected chi connectivity index (χ0v) is 11.7. The van der Waals surface area contributed by atoms with Gasteiger partial charge in [0, 0.05) is 40.1 Å². The molecule has 106 valence electrons. The lowest BCUT2D eigenvalue weighted by molar-refractivity contribution is 0.600. The first-order valence-electron chi connectivity index (χ1n) is 6.80. The van der Waals surface area contributed by atoms with Crippen molar-refractivity contribution in [3.05, 3.63) is 66.2 Å². The summed E-state index contributed by atoms with van der Waals surface area (Å²) < 4.78 is 13.9. The summed E-state index contributed by atoms with van der Waals surface area (Å²) in [5, 5.41) is 5.22. The van der Waals surface area contributed by atoms with Gasteiger partial charge in [0.15, 0.2) is 0 Å². The lowest BCUT2D eigenvalue weighted by atomic mass is 10.1. The van der Waals surface area contributed by atoms with Crippen LogP contribution in [-0.2, 0) is 0 Å². The number of nitrogen functional groups attached to an aromatic ring is 1. The number of hydrogen-bond acceptors (Lipinski definition) is 3. The van der Waals surface area contributed by atoms with Gasteiger partial charge in [-0.05, 0) is 31.2 Å². The van der Waals surface area contributed by atoms with E-state index in [-0.39, 0.29) is 11.9 Å². The van der Waals surface area contributed by atoms with Gasteiger partial charge in [-0.1, -0.05) is 18.2 Å². The molecule has 0 spiro atoms. The molecule has 3 aromatic rings. The molecule has 1 heterocycles. The van der Waals surface area contributed by atoms with Crippen LogP contribution < -0.4 is 11.1 Å². The topological polar surface area (TPSA) is 50.9 Å². The molecule has 3 N–H and O–H groups in total. The van der Waals surface area contributed by atoms with Crippen LogP contribution in [0.4, 0.5) is 15.8 Å². The third kappa shape index (κ3) is 2.52. The van der Waals surface area contributed by atoms with Crippen molar-refractivity contribution in [2.45, 2.75) is 13.0 Å². The molecular weight excluding hydrogens is 265 g/mol. The minimum Gasteiger partial charge on any atom is -0.398 e. The average Bonchev–Trinajstić information content (AvgIpc) is 2.51. The van der Waals surface area contributed by atoms with E-state index < -0.39 is 0 Å². The van der Waals surface area contributed by atoms with Crippen LogP contribution in [-0.4, -0.2) is 4.98 Å². The van der Waals surface area contributed by atoms with Crippen molar-refractivity contribution in [2.75, 3.05) is 11.1 Å². The van der Waals surface area contributed by atoms with Crippen molar-refractivity contribution >= 4 is 22.1 Å². The number of nitrogens with one attached hydrogen (secondary N) is 1. The second-order valence-electron chi connectivity index (χ2n) is 5.01. The summed E-state index contributed by atoms with van der Waals surface area (Å²) in [7, 11) is 0. The molecular formula is C17H16FN3. The van der Waals surface area contributed by atoms with E-state index in [1.807, 2.05) is 31.2 Å². The third-order valence-corrected chi connectivity index (χ3v) is 3.60. The zero-order chi connectivity index (χ0) is 14.8. The Morgan fingerprint density at radius 3 is 2.71 bits per heavy atom. The van der Waals surface area contributed by atoms with E-state index in [0.717, 1.165) is 16.5 Å². The second-order valence-corrected chi connectivity index (χ2v) is 5.01. The largest absolute Gasteiger partial charge is 0.398 e. The maximum Gasteiger partial charge on any atom is 0.128 e. The molecule has 3 rings (SSSR count). The molecule has 0 fully saturated rings. The van der Waals surface area contributed by atoms with Crippen molar-refractivity contribution in [1.82, 2.24) is 4.98 Å². The van der Waals surface area contributed by atoms with Crippen molar-refractivity contribution < 1.29 is 4.39 Å². The molecule has 1 unspecified atom stereocenters. The van der Waals surface area contributed by atoms with Crippen LogP contribution in [0.25, 0.3) is 10.8 Å². The first-order valence-corrected chi connectivity index (χ1v) is 6.80. The van der Waals surface area contributed by atoms with Gasteiger partial charge in [0.25, 0.3) is 0 Å². The van der Waals surface area contributed by atoms with Crippen LogP contribution in [0.1, 0.15) is 18.5 Å². The lowest BCUT2D eigenvalue weighted by Gasteiger charge is -2.18. The molecule has 0 amide bonds. The predicted octanol–water partition coefficient (Wildman–Crippen LogP) is 4.13. The van der Waals surface area contributed by atoms with Crippen LogP contribution in [0, 0.1) is 5.82 Å². The van der Waals surface area contributed by atoms with E-state index in [9.17, 15) is 4.39 Å². The lowest BCUT2D eigenvalue weighted by Crippen LogP contribution is -2.09. The predicted molar refractivity (Wildman–Crippen MR) is 84.6 cm³/mol. The monoisotopic (exact) mass is 281 g/mol. The number of anilines is 2. The van der Waals surface area contributed by atoms with Crippen LogP contribution in [0.3, 0.4) is 0 Å². The van der Waals surface area contributed by atoms with Gasteiger partial charge in [-0.15, -0.1) is 0 Å². The number of nitrogens with two attached hydrogens (primary N) is 1. The minimum atomic E-state index is -0.209. The molecule has 2 aromatic carbocycles. The van der Waals surface area contributed by atoms with Crippen LogP contribution >= 0.6 is 0 Å². The summed E-state index contributed by atoms with van der Waals surface area (Å²) in [5.41, 5.74) is 8.20. The van der Waals surface area contributed by atoms with E-state index in [4.69, 9.17) is 5.73 Å². The van der Waals surface area contributed by atoms with E-state index in [1.54, 1.807) is 24.5 Å². The van der Waals surface area contributed by atoms with Crippen molar-refractivity contribution in [1.29, 1.82) is 0 Å². The smallest absolute Gasteiger partial charge is 0.128 e. The molecule has 0 saturated heterocycles. The summed E-state index contributed by atoms with van der Waals surface area (Å²) in [6.45, 7) is 1.93. The summed E-state index contributed by atoms with van der Waals surface area (Å²) >= 11 is 0. The first kappa shape index (κ1) is 13.4. The molecule has 0 aliphatic carbocycles. The fourth-order valence-electron chi connectivity index (χ4n) is 2.48. The van der Waals surface area contributed by atoms with Crippen molar-refractivity contribution in [2.24, 2.45) is 0 Å². The van der Waals surface area contributed by atoms with Crippen LogP contribution in [0.5, 0.6) is 0 Å². The molecule has 3 nitrogen and oxygen atoms in total. The van der Waals surface area contributed by atoms with E-state index in [1.165, 1.54) is 6.07 Å². The van der Waals surface area contributed by atoms with Gasteiger partial charge < -0.3 is 11.1 Å². The number of pyridine rings is 1. The quantitative estimate of drug-likeness (QED) is 0.710. The van der Waals surface area contributed by atoms with Crippen molar-refractivity contribution in [3.63, 3.8) is 0 Å². The van der Waals surface area contributed by atoms with Crippen LogP contribution in [0.2, 0.25) is 0 Å². The number of hydrogen-bond donors (Lipinski definition) is 2. The first-order chi connectivity index (χ1) is 10.2. The summed E-state index contributed by atoms with van der Waals surface area (Å²) in [5.74, 6) is -0.209. The normalized spacial score (nSPS) is 12.3. The van der Waals surface area contributed by atoms with Crippen molar-refractivity contribution in [3.8, 4) is 0 Å². The average molecular weight is 281 g/mol. The molecule has 21 heavy (non-hydrogen) atoms. The van der Waals surface area contributed by atoms with Gasteiger partial charge in [-0.25, -0.2) is 4.39 Å². The second kappa shape index (κ2) is 5.40. The number of aromatic nitrogens is 1. The van der Waals surface area contributed by atoms with Gasteiger partial charge in [-0.3, -0.25) is 4.98 Å². The number of fused-ring (bicyclic) bond motifs is 1. The highest BCUT2D eigenvalue weighted by molar-refractivity contribution is 6.00. The molecule has 1 aromatic heterocycles. The fourth-order valence-corrected chi connectivity index (χ4v) is 2.48. The van der Waals surface area contributed by atoms with Gasteiger partial charge in [0.1, 0.15) is 5.82 Å². The number of rotatable bonds is 3. The van der Waals surface area contributed by atoms with Gasteiger partial charge >= 0.3 is 0 Å². The summed E-state index contributed by atoms with van der Waals surface area (Å²) in [6, 6.07) is 12.3. The fraction of sp³-hybridized carbons (Fsp3) is 0.118. The van der Waals surface area contributed by atoms with Gasteiger partial charge in [0.05, 0.1) is 6.04 Å². The molecule has 1 atom stereocenters. The highest BCUT2D eigenvalue weighted by atomic mass is 19.1. The number of benzene rings is 2. The highest BCUT2D eigenvalue weighted by Crippen LogP contribution is 2.30. The highest BCUT2D eigenvalue weighted by Gasteiger charge is 2.12. The molecule has 0 bridgehead atoms. The van der Waals surface area contributed by atoms with E-state index in [0.29, 0.717) is 11.3 Å². The van der Waals surface area contributed by atoms with E-state index in [2.05, 4.69) is 10.3 Å². The number of nitrogens with zero attached hydrogens (tertiary/aromatic N) is 1. The molecule has 0 radical (unpaired) electrons. The van der Waals surface area contributed by atoms with E-state index >= 15 is 0 Å². The maximum absolute atomic E-state index is 13.9. The summed E-state index contributed by atoms with van der Waals surface area (Å²) in [6.07, 6.45) is 3.46. The minimum absolute atomic E-state index is 0.147. The Hall–Kier alpha value is -2.62. The number of halogens is 1. The Kier molecular flexibility index (Phi) is 3.44.